The van der Waals surface area contributed by atoms with Crippen molar-refractivity contribution in [2.24, 2.45) is 0 Å². The van der Waals surface area contributed by atoms with Crippen LogP contribution in [-0.2, 0) is 30.3 Å². The standard InChI is InChI=1S/C13H18N2O5S/c1-3-19-12(17)11(13(18)20-4-2)15-10(16)6-5-9-7-21-8-14-9/h7-8,11H,3-6H2,1-2H3,(H,15,16). The summed E-state index contributed by atoms with van der Waals surface area (Å²) in [5, 5.41) is 4.17. The summed E-state index contributed by atoms with van der Waals surface area (Å²) in [4.78, 5) is 39.2. The lowest BCUT2D eigenvalue weighted by Gasteiger charge is -2.15. The van der Waals surface area contributed by atoms with Crippen molar-refractivity contribution in [2.45, 2.75) is 32.7 Å². The molecule has 1 heterocycles. The number of aromatic nitrogens is 1. The second-order valence-electron chi connectivity index (χ2n) is 3.98. The first-order chi connectivity index (χ1) is 10.1. The number of aryl methyl sites for hydroxylation is 1. The summed E-state index contributed by atoms with van der Waals surface area (Å²) in [5.41, 5.74) is 2.46. The van der Waals surface area contributed by atoms with Gasteiger partial charge in [0.15, 0.2) is 0 Å². The molecule has 0 aliphatic rings. The number of nitrogens with zero attached hydrogens (tertiary/aromatic N) is 1. The number of hydrogen-bond donors (Lipinski definition) is 1. The number of amides is 1. The molecule has 116 valence electrons. The summed E-state index contributed by atoms with van der Waals surface area (Å²) in [5.74, 6) is -2.08. The van der Waals surface area contributed by atoms with Gasteiger partial charge in [0.05, 0.1) is 24.4 Å². The average molecular weight is 314 g/mol. The second-order valence-corrected chi connectivity index (χ2v) is 4.70. The number of rotatable bonds is 8. The zero-order valence-corrected chi connectivity index (χ0v) is 12.8. The predicted octanol–water partition coefficient (Wildman–Crippen LogP) is 0.687. The van der Waals surface area contributed by atoms with E-state index in [1.165, 1.54) is 11.3 Å². The molecule has 0 unspecified atom stereocenters. The van der Waals surface area contributed by atoms with Crippen molar-refractivity contribution in [3.63, 3.8) is 0 Å². The van der Waals surface area contributed by atoms with E-state index in [4.69, 9.17) is 9.47 Å². The average Bonchev–Trinajstić information content (AvgIpc) is 2.96. The molecule has 0 aromatic carbocycles. The van der Waals surface area contributed by atoms with Crippen LogP contribution in [0.3, 0.4) is 0 Å². The first kappa shape index (κ1) is 17.1. The van der Waals surface area contributed by atoms with Crippen molar-refractivity contribution in [2.75, 3.05) is 13.2 Å². The molecule has 1 N–H and O–H groups in total. The molecule has 0 radical (unpaired) electrons. The lowest BCUT2D eigenvalue weighted by Crippen LogP contribution is -2.48. The van der Waals surface area contributed by atoms with Crippen LogP contribution in [0.5, 0.6) is 0 Å². The summed E-state index contributed by atoms with van der Waals surface area (Å²) in [7, 11) is 0. The molecule has 1 aromatic heterocycles. The largest absolute Gasteiger partial charge is 0.464 e. The number of nitrogens with one attached hydrogen (secondary N) is 1. The molecule has 0 fully saturated rings. The summed E-state index contributed by atoms with van der Waals surface area (Å²) in [6.45, 7) is 3.46. The second kappa shape index (κ2) is 9.06. The van der Waals surface area contributed by atoms with Gasteiger partial charge in [0.2, 0.25) is 11.9 Å². The fourth-order valence-electron chi connectivity index (χ4n) is 1.50. The van der Waals surface area contributed by atoms with E-state index in [0.717, 1.165) is 5.69 Å². The molecule has 1 amide bonds. The lowest BCUT2D eigenvalue weighted by atomic mass is 10.2. The van der Waals surface area contributed by atoms with Gasteiger partial charge < -0.3 is 14.8 Å². The molecule has 8 heteroatoms. The van der Waals surface area contributed by atoms with Gasteiger partial charge in [-0.1, -0.05) is 0 Å². The highest BCUT2D eigenvalue weighted by atomic mass is 32.1. The van der Waals surface area contributed by atoms with Crippen LogP contribution in [0.4, 0.5) is 0 Å². The molecular formula is C13H18N2O5S. The third-order valence-electron chi connectivity index (χ3n) is 2.44. The van der Waals surface area contributed by atoms with E-state index >= 15 is 0 Å². The van der Waals surface area contributed by atoms with Gasteiger partial charge in [-0.3, -0.25) is 4.79 Å². The molecule has 0 aliphatic heterocycles. The summed E-state index contributed by atoms with van der Waals surface area (Å²) < 4.78 is 9.52. The molecule has 0 aliphatic carbocycles. The lowest BCUT2D eigenvalue weighted by molar-refractivity contribution is -0.159. The highest BCUT2D eigenvalue weighted by molar-refractivity contribution is 7.07. The minimum Gasteiger partial charge on any atom is -0.464 e. The zero-order valence-electron chi connectivity index (χ0n) is 12.0. The van der Waals surface area contributed by atoms with E-state index in [-0.39, 0.29) is 19.6 Å². The van der Waals surface area contributed by atoms with Gasteiger partial charge in [-0.15, -0.1) is 11.3 Å². The van der Waals surface area contributed by atoms with E-state index < -0.39 is 23.9 Å². The van der Waals surface area contributed by atoms with Crippen LogP contribution >= 0.6 is 11.3 Å². The molecule has 1 rings (SSSR count). The quantitative estimate of drug-likeness (QED) is 0.560. The first-order valence-corrected chi connectivity index (χ1v) is 7.52. The molecule has 21 heavy (non-hydrogen) atoms. The summed E-state index contributed by atoms with van der Waals surface area (Å²) in [6.07, 6.45) is 0.562. The summed E-state index contributed by atoms with van der Waals surface area (Å²) in [6, 6.07) is -1.42. The Morgan fingerprint density at radius 3 is 2.33 bits per heavy atom. The van der Waals surface area contributed by atoms with Crippen LogP contribution in [0.25, 0.3) is 0 Å². The first-order valence-electron chi connectivity index (χ1n) is 6.58. The Morgan fingerprint density at radius 2 is 1.86 bits per heavy atom. The van der Waals surface area contributed by atoms with Crippen LogP contribution < -0.4 is 5.32 Å². The van der Waals surface area contributed by atoms with Gasteiger partial charge in [-0.2, -0.15) is 0 Å². The van der Waals surface area contributed by atoms with Crippen molar-refractivity contribution in [3.05, 3.63) is 16.6 Å². The van der Waals surface area contributed by atoms with Crippen LogP contribution in [0.15, 0.2) is 10.9 Å². The maximum atomic E-state index is 11.8. The van der Waals surface area contributed by atoms with E-state index in [2.05, 4.69) is 10.3 Å². The molecule has 0 saturated carbocycles. The number of esters is 2. The molecule has 0 saturated heterocycles. The van der Waals surface area contributed by atoms with E-state index in [1.54, 1.807) is 19.4 Å². The maximum absolute atomic E-state index is 11.8. The van der Waals surface area contributed by atoms with Crippen LogP contribution in [0.1, 0.15) is 26.0 Å². The monoisotopic (exact) mass is 314 g/mol. The topological polar surface area (TPSA) is 94.6 Å². The molecule has 1 aromatic rings. The van der Waals surface area contributed by atoms with Gasteiger partial charge in [-0.25, -0.2) is 14.6 Å². The van der Waals surface area contributed by atoms with Gasteiger partial charge in [-0.05, 0) is 20.3 Å². The molecule has 0 bridgehead atoms. The Balaban J connectivity index is 2.55. The highest BCUT2D eigenvalue weighted by Crippen LogP contribution is 2.04. The van der Waals surface area contributed by atoms with Crippen molar-refractivity contribution in [1.82, 2.24) is 10.3 Å². The minimum atomic E-state index is -1.42. The molecule has 7 nitrogen and oxygen atoms in total. The predicted molar refractivity (Wildman–Crippen MR) is 75.6 cm³/mol. The zero-order chi connectivity index (χ0) is 15.7. The molecular weight excluding hydrogens is 296 g/mol. The maximum Gasteiger partial charge on any atom is 0.340 e. The third-order valence-corrected chi connectivity index (χ3v) is 3.08. The SMILES string of the molecule is CCOC(=O)C(NC(=O)CCc1cscn1)C(=O)OCC. The van der Waals surface area contributed by atoms with Crippen LogP contribution in [-0.4, -0.2) is 42.1 Å². The van der Waals surface area contributed by atoms with E-state index in [9.17, 15) is 14.4 Å². The fourth-order valence-corrected chi connectivity index (χ4v) is 2.09. The number of hydrogen-bond acceptors (Lipinski definition) is 7. The van der Waals surface area contributed by atoms with E-state index in [1.807, 2.05) is 5.38 Å². The van der Waals surface area contributed by atoms with Crippen molar-refractivity contribution in [1.29, 1.82) is 0 Å². The van der Waals surface area contributed by atoms with Gasteiger partial charge >= 0.3 is 11.9 Å². The van der Waals surface area contributed by atoms with Crippen molar-refractivity contribution < 1.29 is 23.9 Å². The van der Waals surface area contributed by atoms with Crippen molar-refractivity contribution >= 4 is 29.2 Å². The Hall–Kier alpha value is -1.96. The van der Waals surface area contributed by atoms with Gasteiger partial charge in [0, 0.05) is 11.8 Å². The Morgan fingerprint density at radius 1 is 1.24 bits per heavy atom. The van der Waals surface area contributed by atoms with Crippen LogP contribution in [0, 0.1) is 0 Å². The normalized spacial score (nSPS) is 10.2. The van der Waals surface area contributed by atoms with Crippen LogP contribution in [0.2, 0.25) is 0 Å². The minimum absolute atomic E-state index is 0.115. The number of carbonyl (C=O) groups is 3. The third kappa shape index (κ3) is 5.90. The molecule has 0 spiro atoms. The van der Waals surface area contributed by atoms with E-state index in [0.29, 0.717) is 6.42 Å². The fraction of sp³-hybridized carbons (Fsp3) is 0.538. The Labute approximate surface area is 126 Å². The molecule has 0 atom stereocenters. The van der Waals surface area contributed by atoms with Crippen molar-refractivity contribution in [3.8, 4) is 0 Å². The highest BCUT2D eigenvalue weighted by Gasteiger charge is 2.31. The smallest absolute Gasteiger partial charge is 0.340 e. The number of carbonyl (C=O) groups excluding carboxylic acids is 3. The van der Waals surface area contributed by atoms with Gasteiger partial charge in [0.1, 0.15) is 0 Å². The Kier molecular flexibility index (Phi) is 7.38. The van der Waals surface area contributed by atoms with Gasteiger partial charge in [0.25, 0.3) is 0 Å². The summed E-state index contributed by atoms with van der Waals surface area (Å²) >= 11 is 1.44. The number of thiazole rings is 1. The number of ether oxygens (including phenoxy) is 2. The Bertz CT molecular complexity index is 457.